The monoisotopic (exact) mass is 230 g/mol. The van der Waals surface area contributed by atoms with Gasteiger partial charge < -0.3 is 0 Å². The van der Waals surface area contributed by atoms with Crippen molar-refractivity contribution in [2.75, 3.05) is 0 Å². The lowest BCUT2D eigenvalue weighted by atomic mass is 9.97. The summed E-state index contributed by atoms with van der Waals surface area (Å²) in [6.07, 6.45) is 1.08. The lowest BCUT2D eigenvalue weighted by Gasteiger charge is -2.07. The summed E-state index contributed by atoms with van der Waals surface area (Å²) in [7, 11) is 0. The maximum Gasteiger partial charge on any atom is -0.00132 e. The highest BCUT2D eigenvalue weighted by atomic mass is 14.2. The molecule has 0 aliphatic heterocycles. The minimum Gasteiger partial charge on any atom is -0.0616 e. The smallest absolute Gasteiger partial charge is 0.00132 e. The zero-order valence-electron chi connectivity index (χ0n) is 10.4. The maximum absolute atomic E-state index is 2.33. The van der Waals surface area contributed by atoms with E-state index in [0.717, 1.165) is 6.42 Å². The van der Waals surface area contributed by atoms with Crippen LogP contribution in [0.1, 0.15) is 16.7 Å². The molecule has 0 amide bonds. The highest BCUT2D eigenvalue weighted by Crippen LogP contribution is 2.41. The molecule has 1 aliphatic rings. The van der Waals surface area contributed by atoms with Gasteiger partial charge in [0, 0.05) is 0 Å². The third-order valence-electron chi connectivity index (χ3n) is 3.93. The Balaban J connectivity index is 2.14. The van der Waals surface area contributed by atoms with Crippen molar-refractivity contribution >= 4 is 10.8 Å². The Hall–Kier alpha value is -2.08. The number of rotatable bonds is 0. The van der Waals surface area contributed by atoms with E-state index in [1.807, 2.05) is 0 Å². The Morgan fingerprint density at radius 3 is 2.61 bits per heavy atom. The molecule has 0 N–H and O–H groups in total. The lowest BCUT2D eigenvalue weighted by molar-refractivity contribution is 1.26. The molecular weight excluding hydrogens is 216 g/mol. The third-order valence-corrected chi connectivity index (χ3v) is 3.93. The summed E-state index contributed by atoms with van der Waals surface area (Å²) >= 11 is 0. The zero-order valence-corrected chi connectivity index (χ0v) is 10.4. The normalized spacial score (nSPS) is 12.5. The Kier molecular flexibility index (Phi) is 1.90. The van der Waals surface area contributed by atoms with Gasteiger partial charge in [0.25, 0.3) is 0 Å². The highest BCUT2D eigenvalue weighted by molar-refractivity contribution is 6.01. The van der Waals surface area contributed by atoms with Crippen LogP contribution >= 0.6 is 0 Å². The molecule has 1 aliphatic carbocycles. The van der Waals surface area contributed by atoms with Crippen molar-refractivity contribution in [3.05, 3.63) is 71.3 Å². The Morgan fingerprint density at radius 1 is 0.833 bits per heavy atom. The summed E-state index contributed by atoms with van der Waals surface area (Å²) in [4.78, 5) is 0. The average molecular weight is 230 g/mol. The Labute approximate surface area is 107 Å². The summed E-state index contributed by atoms with van der Waals surface area (Å²) in [5, 5.41) is 2.73. The first-order chi connectivity index (χ1) is 8.83. The van der Waals surface area contributed by atoms with Crippen LogP contribution in [0.3, 0.4) is 0 Å². The summed E-state index contributed by atoms with van der Waals surface area (Å²) in [6, 6.07) is 20.0. The molecule has 3 aromatic carbocycles. The second-order valence-corrected chi connectivity index (χ2v) is 5.16. The minimum atomic E-state index is 1.08. The first kappa shape index (κ1) is 9.90. The number of fused-ring (bicyclic) bond motifs is 5. The van der Waals surface area contributed by atoms with Gasteiger partial charge in [-0.25, -0.2) is 0 Å². The fraction of sp³-hybridized carbons (Fsp3) is 0.111. The van der Waals surface area contributed by atoms with Gasteiger partial charge in [-0.15, -0.1) is 0 Å². The zero-order chi connectivity index (χ0) is 12.1. The van der Waals surface area contributed by atoms with Crippen molar-refractivity contribution in [3.8, 4) is 11.1 Å². The van der Waals surface area contributed by atoms with E-state index >= 15 is 0 Å². The van der Waals surface area contributed by atoms with Gasteiger partial charge in [0.15, 0.2) is 0 Å². The van der Waals surface area contributed by atoms with Crippen LogP contribution in [-0.2, 0) is 6.42 Å². The van der Waals surface area contributed by atoms with Gasteiger partial charge in [-0.2, -0.15) is 0 Å². The predicted molar refractivity (Wildman–Crippen MR) is 76.9 cm³/mol. The molecule has 0 atom stereocenters. The molecule has 0 unspecified atom stereocenters. The first-order valence-corrected chi connectivity index (χ1v) is 6.43. The second kappa shape index (κ2) is 3.46. The van der Waals surface area contributed by atoms with E-state index in [2.05, 4.69) is 61.5 Å². The average Bonchev–Trinajstić information content (AvgIpc) is 2.77. The molecule has 4 rings (SSSR count). The van der Waals surface area contributed by atoms with Gasteiger partial charge in [-0.3, -0.25) is 0 Å². The molecule has 3 aromatic rings. The van der Waals surface area contributed by atoms with Crippen LogP contribution in [0.4, 0.5) is 0 Å². The van der Waals surface area contributed by atoms with Crippen LogP contribution in [0.5, 0.6) is 0 Å². The fourth-order valence-corrected chi connectivity index (χ4v) is 3.06. The van der Waals surface area contributed by atoms with Crippen LogP contribution in [-0.4, -0.2) is 0 Å². The molecule has 18 heavy (non-hydrogen) atoms. The number of aryl methyl sites for hydroxylation is 1. The molecule has 0 saturated heterocycles. The van der Waals surface area contributed by atoms with E-state index in [0.29, 0.717) is 0 Å². The molecule has 0 heteroatoms. The molecular formula is C18H14. The van der Waals surface area contributed by atoms with Crippen molar-refractivity contribution < 1.29 is 0 Å². The summed E-state index contributed by atoms with van der Waals surface area (Å²) < 4.78 is 0. The lowest BCUT2D eigenvalue weighted by Crippen LogP contribution is -1.82. The van der Waals surface area contributed by atoms with Crippen molar-refractivity contribution in [3.63, 3.8) is 0 Å². The van der Waals surface area contributed by atoms with Crippen LogP contribution in [0.2, 0.25) is 0 Å². The van der Waals surface area contributed by atoms with Crippen molar-refractivity contribution in [1.82, 2.24) is 0 Å². The van der Waals surface area contributed by atoms with Crippen LogP contribution < -0.4 is 0 Å². The van der Waals surface area contributed by atoms with Gasteiger partial charge in [0.2, 0.25) is 0 Å². The molecule has 0 heterocycles. The van der Waals surface area contributed by atoms with E-state index in [1.54, 1.807) is 0 Å². The van der Waals surface area contributed by atoms with Crippen LogP contribution in [0.25, 0.3) is 21.9 Å². The van der Waals surface area contributed by atoms with E-state index in [9.17, 15) is 0 Å². The van der Waals surface area contributed by atoms with Gasteiger partial charge in [0.1, 0.15) is 0 Å². The molecule has 0 bridgehead atoms. The Morgan fingerprint density at radius 2 is 1.67 bits per heavy atom. The number of benzene rings is 3. The van der Waals surface area contributed by atoms with Crippen molar-refractivity contribution in [2.45, 2.75) is 13.3 Å². The topological polar surface area (TPSA) is 0 Å². The second-order valence-electron chi connectivity index (χ2n) is 5.16. The van der Waals surface area contributed by atoms with Gasteiger partial charge >= 0.3 is 0 Å². The molecule has 0 radical (unpaired) electrons. The largest absolute Gasteiger partial charge is 0.0616 e. The van der Waals surface area contributed by atoms with E-state index in [4.69, 9.17) is 0 Å². The van der Waals surface area contributed by atoms with Crippen LogP contribution in [0.15, 0.2) is 54.6 Å². The van der Waals surface area contributed by atoms with E-state index in [1.165, 1.54) is 38.6 Å². The number of hydrogen-bond donors (Lipinski definition) is 0. The van der Waals surface area contributed by atoms with E-state index < -0.39 is 0 Å². The molecule has 0 saturated carbocycles. The summed E-state index contributed by atoms with van der Waals surface area (Å²) in [5.41, 5.74) is 7.16. The van der Waals surface area contributed by atoms with Crippen LogP contribution in [0, 0.1) is 6.92 Å². The first-order valence-electron chi connectivity index (χ1n) is 6.43. The van der Waals surface area contributed by atoms with Gasteiger partial charge in [0.05, 0.1) is 0 Å². The highest BCUT2D eigenvalue weighted by Gasteiger charge is 2.20. The van der Waals surface area contributed by atoms with Crippen molar-refractivity contribution in [2.24, 2.45) is 0 Å². The SMILES string of the molecule is Cc1ccc2c(c1)-c1c(ccc3ccccc13)C2. The molecule has 86 valence electrons. The summed E-state index contributed by atoms with van der Waals surface area (Å²) in [6.45, 7) is 2.17. The molecule has 0 fully saturated rings. The molecule has 0 aromatic heterocycles. The predicted octanol–water partition coefficient (Wildman–Crippen LogP) is 4.72. The quantitative estimate of drug-likeness (QED) is 0.410. The molecule has 0 nitrogen and oxygen atoms in total. The third kappa shape index (κ3) is 1.26. The van der Waals surface area contributed by atoms with Gasteiger partial charge in [-0.05, 0) is 46.4 Å². The molecule has 0 spiro atoms. The number of hydrogen-bond acceptors (Lipinski definition) is 0. The van der Waals surface area contributed by atoms with Crippen molar-refractivity contribution in [1.29, 1.82) is 0 Å². The maximum atomic E-state index is 2.33. The van der Waals surface area contributed by atoms with Gasteiger partial charge in [-0.1, -0.05) is 60.2 Å². The minimum absolute atomic E-state index is 1.08. The fourth-order valence-electron chi connectivity index (χ4n) is 3.06. The van der Waals surface area contributed by atoms with E-state index in [-0.39, 0.29) is 0 Å². The Bertz CT molecular complexity index is 766. The summed E-state index contributed by atoms with van der Waals surface area (Å²) in [5.74, 6) is 0. The standard InChI is InChI=1S/C18H14/c1-12-6-7-14-11-15-9-8-13-4-2-3-5-16(13)18(15)17(14)10-12/h2-10H,11H2,1H3.